The van der Waals surface area contributed by atoms with Gasteiger partial charge >= 0.3 is 0 Å². The first-order valence-corrected chi connectivity index (χ1v) is 7.61. The third kappa shape index (κ3) is 4.36. The lowest BCUT2D eigenvalue weighted by Crippen LogP contribution is -2.40. The molecule has 0 aliphatic heterocycles. The summed E-state index contributed by atoms with van der Waals surface area (Å²) in [4.78, 5) is 2.36. The Bertz CT molecular complexity index is 375. The quantitative estimate of drug-likeness (QED) is 0.855. The van der Waals surface area contributed by atoms with E-state index in [1.165, 1.54) is 31.2 Å². The van der Waals surface area contributed by atoms with Crippen molar-refractivity contribution in [2.24, 2.45) is 5.92 Å². The maximum absolute atomic E-state index is 5.34. The summed E-state index contributed by atoms with van der Waals surface area (Å²) in [6, 6.07) is 2.81. The van der Waals surface area contributed by atoms with Gasteiger partial charge in [0.2, 0.25) is 0 Å². The first-order chi connectivity index (χ1) is 9.16. The average Bonchev–Trinajstić information content (AvgIpc) is 2.77. The monoisotopic (exact) mass is 264 g/mol. The second-order valence-electron chi connectivity index (χ2n) is 6.06. The summed E-state index contributed by atoms with van der Waals surface area (Å²) in [5.41, 5.74) is 1.30. The van der Waals surface area contributed by atoms with Gasteiger partial charge in [-0.3, -0.25) is 0 Å². The summed E-state index contributed by atoms with van der Waals surface area (Å²) in [7, 11) is 2.18. The van der Waals surface area contributed by atoms with Crippen molar-refractivity contribution in [3.8, 4) is 0 Å². The second kappa shape index (κ2) is 7.11. The molecule has 3 heteroatoms. The Hall–Kier alpha value is -0.800. The first kappa shape index (κ1) is 14.6. The van der Waals surface area contributed by atoms with Gasteiger partial charge < -0.3 is 14.6 Å². The molecule has 1 N–H and O–H groups in total. The molecule has 1 fully saturated rings. The van der Waals surface area contributed by atoms with Gasteiger partial charge in [-0.25, -0.2) is 0 Å². The minimum absolute atomic E-state index is 0.734. The lowest BCUT2D eigenvalue weighted by molar-refractivity contribution is 0.258. The molecular formula is C16H28N2O. The van der Waals surface area contributed by atoms with Crippen LogP contribution < -0.4 is 5.32 Å². The molecule has 108 valence electrons. The van der Waals surface area contributed by atoms with Crippen molar-refractivity contribution in [1.29, 1.82) is 0 Å². The number of hydrogen-bond acceptors (Lipinski definition) is 3. The molecule has 0 spiro atoms. The molecule has 19 heavy (non-hydrogen) atoms. The van der Waals surface area contributed by atoms with Crippen LogP contribution in [0.4, 0.5) is 0 Å². The number of furan rings is 1. The summed E-state index contributed by atoms with van der Waals surface area (Å²) in [6.45, 7) is 7.57. The van der Waals surface area contributed by atoms with Crippen LogP contribution in [0.2, 0.25) is 0 Å². The van der Waals surface area contributed by atoms with Crippen LogP contribution in [0.5, 0.6) is 0 Å². The lowest BCUT2D eigenvalue weighted by Gasteiger charge is -2.30. The van der Waals surface area contributed by atoms with Crippen molar-refractivity contribution >= 4 is 0 Å². The lowest BCUT2D eigenvalue weighted by atomic mass is 9.86. The number of likely N-dealkylation sites (N-methyl/N-ethyl adjacent to an activating group) is 1. The molecule has 0 radical (unpaired) electrons. The zero-order valence-corrected chi connectivity index (χ0v) is 12.6. The number of rotatable bonds is 6. The van der Waals surface area contributed by atoms with Crippen molar-refractivity contribution in [1.82, 2.24) is 10.2 Å². The Morgan fingerprint density at radius 1 is 1.37 bits per heavy atom. The normalized spacial score (nSPS) is 24.0. The predicted molar refractivity (Wildman–Crippen MR) is 79.2 cm³/mol. The molecule has 1 aromatic heterocycles. The van der Waals surface area contributed by atoms with Gasteiger partial charge in [0, 0.05) is 31.2 Å². The van der Waals surface area contributed by atoms with E-state index in [9.17, 15) is 0 Å². The minimum atomic E-state index is 0.734. The van der Waals surface area contributed by atoms with E-state index in [1.54, 1.807) is 6.26 Å². The molecule has 2 atom stereocenters. The molecule has 1 aliphatic rings. The Kier molecular flexibility index (Phi) is 5.46. The van der Waals surface area contributed by atoms with E-state index in [0.717, 1.165) is 37.4 Å². The minimum Gasteiger partial charge on any atom is -0.469 e. The Morgan fingerprint density at radius 3 is 2.84 bits per heavy atom. The second-order valence-corrected chi connectivity index (χ2v) is 6.06. The highest BCUT2D eigenvalue weighted by Crippen LogP contribution is 2.23. The Labute approximate surface area is 117 Å². The zero-order chi connectivity index (χ0) is 13.7. The highest BCUT2D eigenvalue weighted by molar-refractivity contribution is 5.14. The largest absolute Gasteiger partial charge is 0.469 e. The standard InChI is InChI=1S/C16H28N2O/c1-13-6-4-5-7-16(13)17-9-10-18(3)12-15-8-11-19-14(15)2/h8,11,13,16-17H,4-7,9-10,12H2,1-3H3. The van der Waals surface area contributed by atoms with Crippen molar-refractivity contribution < 1.29 is 4.42 Å². The van der Waals surface area contributed by atoms with E-state index in [0.29, 0.717) is 0 Å². The van der Waals surface area contributed by atoms with Crippen LogP contribution in [0.1, 0.15) is 43.9 Å². The molecular weight excluding hydrogens is 236 g/mol. The summed E-state index contributed by atoms with van der Waals surface area (Å²) in [6.07, 6.45) is 7.33. The fourth-order valence-corrected chi connectivity index (χ4v) is 3.01. The maximum atomic E-state index is 5.34. The Balaban J connectivity index is 1.66. The molecule has 1 saturated carbocycles. The summed E-state index contributed by atoms with van der Waals surface area (Å²) in [5, 5.41) is 3.73. The maximum Gasteiger partial charge on any atom is 0.105 e. The predicted octanol–water partition coefficient (Wildman–Crippen LogP) is 3.19. The number of hydrogen-bond donors (Lipinski definition) is 1. The van der Waals surface area contributed by atoms with Crippen molar-refractivity contribution in [2.45, 2.75) is 52.1 Å². The van der Waals surface area contributed by atoms with Gasteiger partial charge in [-0.15, -0.1) is 0 Å². The fraction of sp³-hybridized carbons (Fsp3) is 0.750. The van der Waals surface area contributed by atoms with Crippen LogP contribution in [0, 0.1) is 12.8 Å². The average molecular weight is 264 g/mol. The van der Waals surface area contributed by atoms with Gasteiger partial charge in [-0.05, 0) is 38.8 Å². The molecule has 1 aromatic rings. The molecule has 1 aliphatic carbocycles. The van der Waals surface area contributed by atoms with Gasteiger partial charge in [0.25, 0.3) is 0 Å². The van der Waals surface area contributed by atoms with E-state index in [4.69, 9.17) is 4.42 Å². The Morgan fingerprint density at radius 2 is 2.16 bits per heavy atom. The van der Waals surface area contributed by atoms with Crippen LogP contribution in [0.25, 0.3) is 0 Å². The van der Waals surface area contributed by atoms with Crippen LogP contribution in [-0.2, 0) is 6.54 Å². The summed E-state index contributed by atoms with van der Waals surface area (Å²) >= 11 is 0. The molecule has 2 rings (SSSR count). The van der Waals surface area contributed by atoms with Crippen molar-refractivity contribution in [3.05, 3.63) is 23.7 Å². The third-order valence-electron chi connectivity index (χ3n) is 4.42. The van der Waals surface area contributed by atoms with Crippen LogP contribution >= 0.6 is 0 Å². The third-order valence-corrected chi connectivity index (χ3v) is 4.42. The molecule has 0 saturated heterocycles. The number of nitrogens with zero attached hydrogens (tertiary/aromatic N) is 1. The number of aryl methyl sites for hydroxylation is 1. The zero-order valence-electron chi connectivity index (χ0n) is 12.6. The van der Waals surface area contributed by atoms with Gasteiger partial charge in [0.15, 0.2) is 0 Å². The van der Waals surface area contributed by atoms with E-state index in [2.05, 4.69) is 30.3 Å². The summed E-state index contributed by atoms with van der Waals surface area (Å²) in [5.74, 6) is 1.89. The van der Waals surface area contributed by atoms with Crippen molar-refractivity contribution in [3.63, 3.8) is 0 Å². The van der Waals surface area contributed by atoms with Gasteiger partial charge in [0.05, 0.1) is 6.26 Å². The summed E-state index contributed by atoms with van der Waals surface area (Å²) < 4.78 is 5.34. The van der Waals surface area contributed by atoms with E-state index in [1.807, 2.05) is 6.92 Å². The topological polar surface area (TPSA) is 28.4 Å². The highest BCUT2D eigenvalue weighted by Gasteiger charge is 2.20. The van der Waals surface area contributed by atoms with Gasteiger partial charge in [-0.2, -0.15) is 0 Å². The molecule has 2 unspecified atom stereocenters. The fourth-order valence-electron chi connectivity index (χ4n) is 3.01. The van der Waals surface area contributed by atoms with Crippen molar-refractivity contribution in [2.75, 3.05) is 20.1 Å². The molecule has 0 bridgehead atoms. The van der Waals surface area contributed by atoms with Gasteiger partial charge in [-0.1, -0.05) is 19.8 Å². The first-order valence-electron chi connectivity index (χ1n) is 7.61. The molecule has 3 nitrogen and oxygen atoms in total. The van der Waals surface area contributed by atoms with E-state index in [-0.39, 0.29) is 0 Å². The van der Waals surface area contributed by atoms with Gasteiger partial charge in [0.1, 0.15) is 5.76 Å². The van der Waals surface area contributed by atoms with E-state index >= 15 is 0 Å². The molecule has 0 aromatic carbocycles. The van der Waals surface area contributed by atoms with Crippen LogP contribution in [0.3, 0.4) is 0 Å². The molecule has 0 amide bonds. The number of nitrogens with one attached hydrogen (secondary N) is 1. The van der Waals surface area contributed by atoms with Crippen LogP contribution in [0.15, 0.2) is 16.7 Å². The van der Waals surface area contributed by atoms with Crippen LogP contribution in [-0.4, -0.2) is 31.1 Å². The smallest absolute Gasteiger partial charge is 0.105 e. The SMILES string of the molecule is Cc1occc1CN(C)CCNC1CCCCC1C. The molecule has 1 heterocycles. The van der Waals surface area contributed by atoms with E-state index < -0.39 is 0 Å². The highest BCUT2D eigenvalue weighted by atomic mass is 16.3.